The maximum atomic E-state index is 12.9. The zero-order valence-corrected chi connectivity index (χ0v) is 19.9. The van der Waals surface area contributed by atoms with Gasteiger partial charge in [0.05, 0.1) is 31.9 Å². The van der Waals surface area contributed by atoms with Crippen LogP contribution in [0.1, 0.15) is 23.2 Å². The summed E-state index contributed by atoms with van der Waals surface area (Å²) in [7, 11) is 3.24. The van der Waals surface area contributed by atoms with Gasteiger partial charge in [0.25, 0.3) is 0 Å². The first-order valence-electron chi connectivity index (χ1n) is 10.4. The molecule has 4 rings (SSSR count). The molecule has 0 aliphatic carbocycles. The smallest absolute Gasteiger partial charge is 0.194 e. The van der Waals surface area contributed by atoms with Crippen molar-refractivity contribution >= 4 is 22.1 Å². The number of benzene rings is 1. The fourth-order valence-electron chi connectivity index (χ4n) is 4.12. The van der Waals surface area contributed by atoms with Gasteiger partial charge in [0.2, 0.25) is 0 Å². The van der Waals surface area contributed by atoms with Crippen LogP contribution in [0.3, 0.4) is 0 Å². The van der Waals surface area contributed by atoms with Crippen molar-refractivity contribution in [2.24, 2.45) is 0 Å². The Labute approximate surface area is 191 Å². The molecule has 2 aromatic heterocycles. The Bertz CT molecular complexity index is 1370. The molecule has 0 atom stereocenters. The molecule has 0 fully saturated rings. The molecule has 0 amide bonds. The Morgan fingerprint density at radius 3 is 2.34 bits per heavy atom. The summed E-state index contributed by atoms with van der Waals surface area (Å²) >= 11 is 1.59. The summed E-state index contributed by atoms with van der Waals surface area (Å²) in [6.07, 6.45) is 0. The molecule has 6 nitrogen and oxygen atoms in total. The second kappa shape index (κ2) is 8.67. The van der Waals surface area contributed by atoms with Gasteiger partial charge >= 0.3 is 0 Å². The maximum absolute atomic E-state index is 12.9. The molecule has 0 unspecified atom stereocenters. The number of nitrogens with zero attached hydrogens (tertiary/aromatic N) is 2. The number of aromatic nitrogens is 2. The fraction of sp³-hybridized carbons (Fsp3) is 0.280. The van der Waals surface area contributed by atoms with E-state index in [0.29, 0.717) is 29.2 Å². The summed E-state index contributed by atoms with van der Waals surface area (Å²) in [5.74, 6) is 2.03. The minimum Gasteiger partial charge on any atom is -0.493 e. The number of methoxy groups -OCH3 is 2. The van der Waals surface area contributed by atoms with Gasteiger partial charge < -0.3 is 14.2 Å². The molecule has 0 aliphatic heterocycles. The van der Waals surface area contributed by atoms with Crippen LogP contribution in [-0.2, 0) is 0 Å². The Balaban J connectivity index is 1.93. The Kier molecular flexibility index (Phi) is 5.93. The van der Waals surface area contributed by atoms with E-state index in [9.17, 15) is 4.79 Å². The number of thiazole rings is 1. The van der Waals surface area contributed by atoms with Gasteiger partial charge in [-0.2, -0.15) is 0 Å². The number of hydrogen-bond donors (Lipinski definition) is 0. The molecule has 2 aromatic carbocycles. The van der Waals surface area contributed by atoms with Crippen LogP contribution in [-0.4, -0.2) is 30.4 Å². The monoisotopic (exact) mass is 450 g/mol. The van der Waals surface area contributed by atoms with Crippen LogP contribution in [0.5, 0.6) is 17.2 Å². The number of aryl methyl sites for hydroxylation is 3. The summed E-state index contributed by atoms with van der Waals surface area (Å²) in [4.78, 5) is 18.9. The third-order valence-electron chi connectivity index (χ3n) is 5.57. The summed E-state index contributed by atoms with van der Waals surface area (Å²) in [6.45, 7) is 8.47. The zero-order valence-electron chi connectivity index (χ0n) is 19.1. The van der Waals surface area contributed by atoms with Crippen LogP contribution in [0, 0.1) is 20.8 Å². The van der Waals surface area contributed by atoms with Gasteiger partial charge in [-0.25, -0.2) is 4.98 Å². The van der Waals surface area contributed by atoms with E-state index in [4.69, 9.17) is 19.2 Å². The molecule has 4 aromatic rings. The minimum atomic E-state index is -0.0290. The first kappa shape index (κ1) is 21.9. The van der Waals surface area contributed by atoms with Crippen molar-refractivity contribution in [3.8, 4) is 33.6 Å². The highest BCUT2D eigenvalue weighted by Crippen LogP contribution is 2.38. The van der Waals surface area contributed by atoms with Gasteiger partial charge in [-0.05, 0) is 58.0 Å². The topological polar surface area (TPSA) is 62.6 Å². The van der Waals surface area contributed by atoms with Crippen LogP contribution in [0.15, 0.2) is 41.2 Å². The normalized spacial score (nSPS) is 11.1. The van der Waals surface area contributed by atoms with E-state index in [2.05, 4.69) is 4.57 Å². The Morgan fingerprint density at radius 2 is 1.66 bits per heavy atom. The highest BCUT2D eigenvalue weighted by molar-refractivity contribution is 7.14. The summed E-state index contributed by atoms with van der Waals surface area (Å²) in [5, 5.41) is 2.30. The second-order valence-electron chi connectivity index (χ2n) is 7.41. The van der Waals surface area contributed by atoms with Crippen LogP contribution < -0.4 is 19.6 Å². The Hall–Kier alpha value is -3.32. The van der Waals surface area contributed by atoms with Gasteiger partial charge in [0.1, 0.15) is 5.75 Å². The highest BCUT2D eigenvalue weighted by atomic mass is 32.1. The predicted octanol–water partition coefficient (Wildman–Crippen LogP) is 5.46. The molecular formula is C25H26N2O4S. The zero-order chi connectivity index (χ0) is 23.0. The van der Waals surface area contributed by atoms with Crippen molar-refractivity contribution in [1.29, 1.82) is 0 Å². The van der Waals surface area contributed by atoms with Crippen molar-refractivity contribution in [1.82, 2.24) is 9.55 Å². The maximum Gasteiger partial charge on any atom is 0.194 e. The number of rotatable bonds is 6. The van der Waals surface area contributed by atoms with Crippen molar-refractivity contribution in [3.05, 3.63) is 62.9 Å². The third kappa shape index (κ3) is 3.52. The van der Waals surface area contributed by atoms with Gasteiger partial charge in [0, 0.05) is 27.2 Å². The van der Waals surface area contributed by atoms with E-state index < -0.39 is 0 Å². The van der Waals surface area contributed by atoms with Crippen molar-refractivity contribution in [3.63, 3.8) is 0 Å². The molecule has 0 saturated heterocycles. The third-order valence-corrected chi connectivity index (χ3v) is 6.52. The lowest BCUT2D eigenvalue weighted by molar-refractivity contribution is 0.344. The fourth-order valence-corrected chi connectivity index (χ4v) is 5.16. The molecule has 0 radical (unpaired) electrons. The molecule has 7 heteroatoms. The predicted molar refractivity (Wildman–Crippen MR) is 129 cm³/mol. The van der Waals surface area contributed by atoms with Crippen molar-refractivity contribution in [2.75, 3.05) is 20.8 Å². The highest BCUT2D eigenvalue weighted by Gasteiger charge is 2.21. The van der Waals surface area contributed by atoms with E-state index >= 15 is 0 Å². The first-order valence-corrected chi connectivity index (χ1v) is 11.2. The SMILES string of the molecule is CCOc1cccc(=O)c2c(C)n(-c3nc(-c4ccc(OC)c(OC)c4)c(C)s3)c(C)c12. The summed E-state index contributed by atoms with van der Waals surface area (Å²) < 4.78 is 18.7. The van der Waals surface area contributed by atoms with Crippen LogP contribution in [0.4, 0.5) is 0 Å². The lowest BCUT2D eigenvalue weighted by Gasteiger charge is -2.09. The van der Waals surface area contributed by atoms with Gasteiger partial charge in [-0.15, -0.1) is 11.3 Å². The molecule has 0 saturated carbocycles. The van der Waals surface area contributed by atoms with Crippen LogP contribution in [0.25, 0.3) is 27.2 Å². The molecule has 166 valence electrons. The average Bonchev–Trinajstić information content (AvgIpc) is 3.22. The van der Waals surface area contributed by atoms with E-state index in [1.807, 2.05) is 52.0 Å². The largest absolute Gasteiger partial charge is 0.493 e. The van der Waals surface area contributed by atoms with E-state index in [1.165, 1.54) is 0 Å². The van der Waals surface area contributed by atoms with Crippen molar-refractivity contribution in [2.45, 2.75) is 27.7 Å². The van der Waals surface area contributed by atoms with E-state index in [1.54, 1.807) is 37.7 Å². The second-order valence-corrected chi connectivity index (χ2v) is 8.60. The number of fused-ring (bicyclic) bond motifs is 1. The standard InChI is InChI=1S/C25H26N2O4S/c1-7-31-20-10-8-9-18(28)22-14(2)27(15(3)23(20)22)25-26-24(16(4)32-25)17-11-12-19(29-5)21(13-17)30-6/h8-13H,7H2,1-6H3. The van der Waals surface area contributed by atoms with E-state index in [-0.39, 0.29) is 5.43 Å². The lowest BCUT2D eigenvalue weighted by atomic mass is 10.1. The van der Waals surface area contributed by atoms with Crippen LogP contribution >= 0.6 is 11.3 Å². The molecule has 0 bridgehead atoms. The van der Waals surface area contributed by atoms with E-state index in [0.717, 1.165) is 38.0 Å². The minimum absolute atomic E-state index is 0.0290. The van der Waals surface area contributed by atoms with Gasteiger partial charge in [-0.1, -0.05) is 6.07 Å². The van der Waals surface area contributed by atoms with Gasteiger partial charge in [-0.3, -0.25) is 9.36 Å². The lowest BCUT2D eigenvalue weighted by Crippen LogP contribution is -2.01. The molecule has 0 N–H and O–H groups in total. The Morgan fingerprint density at radius 1 is 0.938 bits per heavy atom. The first-order chi connectivity index (χ1) is 15.4. The molecule has 0 spiro atoms. The molecule has 32 heavy (non-hydrogen) atoms. The number of hydrogen-bond acceptors (Lipinski definition) is 6. The summed E-state index contributed by atoms with van der Waals surface area (Å²) in [5.41, 5.74) is 3.58. The average molecular weight is 451 g/mol. The number of ether oxygens (including phenoxy) is 3. The molecule has 0 aliphatic rings. The molecule has 2 heterocycles. The van der Waals surface area contributed by atoms with Crippen molar-refractivity contribution < 1.29 is 14.2 Å². The quantitative estimate of drug-likeness (QED) is 0.391. The van der Waals surface area contributed by atoms with Crippen LogP contribution in [0.2, 0.25) is 0 Å². The van der Waals surface area contributed by atoms with Gasteiger partial charge in [0.15, 0.2) is 22.1 Å². The molecular weight excluding hydrogens is 424 g/mol. The summed E-state index contributed by atoms with van der Waals surface area (Å²) in [6, 6.07) is 11.0.